The van der Waals surface area contributed by atoms with Gasteiger partial charge in [0.15, 0.2) is 6.23 Å². The summed E-state index contributed by atoms with van der Waals surface area (Å²) in [5, 5.41) is 2.62. The first kappa shape index (κ1) is 16.0. The predicted octanol–water partition coefficient (Wildman–Crippen LogP) is 3.78. The molecule has 2 aromatic carbocycles. The Kier molecular flexibility index (Phi) is 4.82. The fraction of sp³-hybridized carbons (Fsp3) is 0.188. The van der Waals surface area contributed by atoms with E-state index >= 15 is 0 Å². The van der Waals surface area contributed by atoms with Crippen molar-refractivity contribution in [2.24, 2.45) is 0 Å². The predicted molar refractivity (Wildman–Crippen MR) is 75.1 cm³/mol. The zero-order valence-electron chi connectivity index (χ0n) is 11.7. The van der Waals surface area contributed by atoms with Gasteiger partial charge in [0, 0.05) is 18.2 Å². The molecule has 116 valence electrons. The van der Waals surface area contributed by atoms with Gasteiger partial charge in [-0.3, -0.25) is 4.79 Å². The Morgan fingerprint density at radius 2 is 1.64 bits per heavy atom. The highest BCUT2D eigenvalue weighted by Gasteiger charge is 2.30. The molecule has 0 aliphatic carbocycles. The Hall–Kier alpha value is -2.34. The lowest BCUT2D eigenvalue weighted by atomic mass is 10.1. The third-order valence-corrected chi connectivity index (χ3v) is 3.07. The van der Waals surface area contributed by atoms with Gasteiger partial charge >= 0.3 is 6.18 Å². The second kappa shape index (κ2) is 6.62. The third-order valence-electron chi connectivity index (χ3n) is 3.07. The summed E-state index contributed by atoms with van der Waals surface area (Å²) in [7, 11) is 1.37. The molecule has 2 rings (SSSR count). The average Bonchev–Trinajstić information content (AvgIpc) is 2.52. The van der Waals surface area contributed by atoms with Crippen molar-refractivity contribution in [1.82, 2.24) is 5.32 Å². The largest absolute Gasteiger partial charge is 0.416 e. The van der Waals surface area contributed by atoms with Gasteiger partial charge in [0.2, 0.25) is 0 Å². The average molecular weight is 309 g/mol. The van der Waals surface area contributed by atoms with Crippen molar-refractivity contribution in [2.75, 3.05) is 7.11 Å². The van der Waals surface area contributed by atoms with E-state index in [4.69, 9.17) is 4.74 Å². The minimum absolute atomic E-state index is 0.368. The molecule has 0 aliphatic heterocycles. The van der Waals surface area contributed by atoms with Gasteiger partial charge in [-0.2, -0.15) is 13.2 Å². The molecule has 0 spiro atoms. The SMILES string of the molecule is COC(NC(=O)c1ccccc1)c1ccc(C(F)(F)F)cc1. The third kappa shape index (κ3) is 3.85. The summed E-state index contributed by atoms with van der Waals surface area (Å²) in [6, 6.07) is 12.9. The lowest BCUT2D eigenvalue weighted by Crippen LogP contribution is -2.29. The molecule has 3 nitrogen and oxygen atoms in total. The summed E-state index contributed by atoms with van der Waals surface area (Å²) in [5.41, 5.74) is 0.122. The van der Waals surface area contributed by atoms with Crippen LogP contribution in [0, 0.1) is 0 Å². The van der Waals surface area contributed by atoms with E-state index in [-0.39, 0.29) is 5.91 Å². The van der Waals surface area contributed by atoms with Crippen molar-refractivity contribution in [1.29, 1.82) is 0 Å². The number of methoxy groups -OCH3 is 1. The van der Waals surface area contributed by atoms with Gasteiger partial charge in [0.25, 0.3) is 5.91 Å². The van der Waals surface area contributed by atoms with Crippen molar-refractivity contribution in [2.45, 2.75) is 12.4 Å². The first-order valence-corrected chi connectivity index (χ1v) is 6.47. The van der Waals surface area contributed by atoms with Crippen LogP contribution < -0.4 is 5.32 Å². The van der Waals surface area contributed by atoms with Crippen molar-refractivity contribution in [3.05, 3.63) is 71.3 Å². The fourth-order valence-electron chi connectivity index (χ4n) is 1.92. The molecular formula is C16H14F3NO2. The summed E-state index contributed by atoms with van der Waals surface area (Å²) >= 11 is 0. The molecule has 0 fully saturated rings. The van der Waals surface area contributed by atoms with Crippen LogP contribution >= 0.6 is 0 Å². The van der Waals surface area contributed by atoms with Crippen molar-refractivity contribution < 1.29 is 22.7 Å². The van der Waals surface area contributed by atoms with Crippen LogP contribution in [0.2, 0.25) is 0 Å². The highest BCUT2D eigenvalue weighted by atomic mass is 19.4. The Morgan fingerprint density at radius 1 is 1.05 bits per heavy atom. The number of amides is 1. The number of halogens is 3. The van der Waals surface area contributed by atoms with Crippen LogP contribution in [0.3, 0.4) is 0 Å². The molecule has 6 heteroatoms. The summed E-state index contributed by atoms with van der Waals surface area (Å²) in [6.45, 7) is 0. The minimum Gasteiger partial charge on any atom is -0.357 e. The van der Waals surface area contributed by atoms with Crippen LogP contribution in [0.4, 0.5) is 13.2 Å². The van der Waals surface area contributed by atoms with Gasteiger partial charge < -0.3 is 10.1 Å². The summed E-state index contributed by atoms with van der Waals surface area (Å²) in [5.74, 6) is -0.368. The van der Waals surface area contributed by atoms with Gasteiger partial charge in [-0.25, -0.2) is 0 Å². The molecule has 22 heavy (non-hydrogen) atoms. The van der Waals surface area contributed by atoms with Crippen LogP contribution in [0.1, 0.15) is 27.7 Å². The van der Waals surface area contributed by atoms with E-state index in [9.17, 15) is 18.0 Å². The lowest BCUT2D eigenvalue weighted by Gasteiger charge is -2.18. The van der Waals surface area contributed by atoms with Crippen molar-refractivity contribution >= 4 is 5.91 Å². The van der Waals surface area contributed by atoms with E-state index in [1.54, 1.807) is 30.3 Å². The number of rotatable bonds is 4. The van der Waals surface area contributed by atoms with Crippen LogP contribution in [-0.4, -0.2) is 13.0 Å². The quantitative estimate of drug-likeness (QED) is 0.873. The van der Waals surface area contributed by atoms with Crippen LogP contribution in [0.5, 0.6) is 0 Å². The Bertz CT molecular complexity index is 624. The molecule has 0 aliphatic rings. The molecule has 1 atom stereocenters. The number of carbonyl (C=O) groups is 1. The van der Waals surface area contributed by atoms with Gasteiger partial charge in [-0.05, 0) is 24.3 Å². The molecule has 1 amide bonds. The number of nitrogens with one attached hydrogen (secondary N) is 1. The van der Waals surface area contributed by atoms with Gasteiger partial charge in [-0.1, -0.05) is 30.3 Å². The van der Waals surface area contributed by atoms with E-state index in [0.29, 0.717) is 11.1 Å². The van der Waals surface area contributed by atoms with Gasteiger partial charge in [0.05, 0.1) is 5.56 Å². The van der Waals surface area contributed by atoms with E-state index in [1.165, 1.54) is 19.2 Å². The van der Waals surface area contributed by atoms with E-state index in [1.807, 2.05) is 0 Å². The zero-order chi connectivity index (χ0) is 16.2. The zero-order valence-corrected chi connectivity index (χ0v) is 11.7. The van der Waals surface area contributed by atoms with E-state index in [0.717, 1.165) is 12.1 Å². The van der Waals surface area contributed by atoms with Crippen molar-refractivity contribution in [3.63, 3.8) is 0 Å². The molecule has 0 radical (unpaired) electrons. The van der Waals surface area contributed by atoms with E-state index in [2.05, 4.69) is 5.32 Å². The van der Waals surface area contributed by atoms with Crippen LogP contribution in [0.15, 0.2) is 54.6 Å². The summed E-state index contributed by atoms with van der Waals surface area (Å²) in [4.78, 5) is 12.0. The standard InChI is InChI=1S/C16H14F3NO2/c1-22-15(20-14(21)11-5-3-2-4-6-11)12-7-9-13(10-8-12)16(17,18)19/h2-10,15H,1H3,(H,20,21). The second-order valence-corrected chi connectivity index (χ2v) is 4.57. The molecule has 0 saturated carbocycles. The van der Waals surface area contributed by atoms with Crippen LogP contribution in [0.25, 0.3) is 0 Å². The van der Waals surface area contributed by atoms with Crippen LogP contribution in [-0.2, 0) is 10.9 Å². The minimum atomic E-state index is -4.39. The maximum atomic E-state index is 12.5. The molecule has 1 N–H and O–H groups in total. The molecule has 2 aromatic rings. The number of hydrogen-bond donors (Lipinski definition) is 1. The molecule has 0 bridgehead atoms. The summed E-state index contributed by atoms with van der Waals surface area (Å²) < 4.78 is 42.7. The highest BCUT2D eigenvalue weighted by molar-refractivity contribution is 5.94. The van der Waals surface area contributed by atoms with Gasteiger partial charge in [0.1, 0.15) is 0 Å². The molecule has 0 heterocycles. The monoisotopic (exact) mass is 309 g/mol. The molecule has 0 saturated heterocycles. The number of alkyl halides is 3. The number of ether oxygens (including phenoxy) is 1. The van der Waals surface area contributed by atoms with E-state index < -0.39 is 18.0 Å². The smallest absolute Gasteiger partial charge is 0.357 e. The Balaban J connectivity index is 2.13. The van der Waals surface area contributed by atoms with Crippen molar-refractivity contribution in [3.8, 4) is 0 Å². The number of carbonyl (C=O) groups excluding carboxylic acids is 1. The second-order valence-electron chi connectivity index (χ2n) is 4.57. The Morgan fingerprint density at radius 3 is 2.14 bits per heavy atom. The maximum absolute atomic E-state index is 12.5. The fourth-order valence-corrected chi connectivity index (χ4v) is 1.92. The summed E-state index contributed by atoms with van der Waals surface area (Å²) in [6.07, 6.45) is -5.22. The number of benzene rings is 2. The topological polar surface area (TPSA) is 38.3 Å². The molecule has 0 aromatic heterocycles. The Labute approximate surface area is 125 Å². The number of hydrogen-bond acceptors (Lipinski definition) is 2. The lowest BCUT2D eigenvalue weighted by molar-refractivity contribution is -0.137. The van der Waals surface area contributed by atoms with Gasteiger partial charge in [-0.15, -0.1) is 0 Å². The molecular weight excluding hydrogens is 295 g/mol. The highest BCUT2D eigenvalue weighted by Crippen LogP contribution is 2.30. The maximum Gasteiger partial charge on any atom is 0.416 e. The first-order chi connectivity index (χ1) is 10.4. The molecule has 1 unspecified atom stereocenters. The normalized spacial score (nSPS) is 12.7. The first-order valence-electron chi connectivity index (χ1n) is 6.47.